The van der Waals surface area contributed by atoms with Crippen LogP contribution >= 0.6 is 0 Å². The van der Waals surface area contributed by atoms with Crippen molar-refractivity contribution in [3.05, 3.63) is 59.8 Å². The Balaban J connectivity index is 2.54. The molecule has 0 bridgehead atoms. The van der Waals surface area contributed by atoms with Gasteiger partial charge in [-0.15, -0.1) is 3.77 Å². The lowest BCUT2D eigenvalue weighted by molar-refractivity contribution is 0.294. The molecule has 2 rings (SSSR count). The Morgan fingerprint density at radius 1 is 1.17 bits per heavy atom. The van der Waals surface area contributed by atoms with Gasteiger partial charge in [-0.1, -0.05) is 37.3 Å². The Morgan fingerprint density at radius 3 is 2.42 bits per heavy atom. The number of rotatable bonds is 7. The molecule has 0 spiro atoms. The molecule has 0 aromatic heterocycles. The van der Waals surface area contributed by atoms with Crippen LogP contribution in [0.25, 0.3) is 0 Å². The van der Waals surface area contributed by atoms with Crippen LogP contribution in [0, 0.1) is 5.21 Å². The molecule has 7 nitrogen and oxygen atoms in total. The van der Waals surface area contributed by atoms with E-state index in [4.69, 9.17) is 4.18 Å². The van der Waals surface area contributed by atoms with E-state index >= 15 is 0 Å². The molecule has 130 valence electrons. The Hall–Kier alpha value is -1.78. The van der Waals surface area contributed by atoms with Gasteiger partial charge in [0.05, 0.1) is 33.1 Å². The van der Waals surface area contributed by atoms with Gasteiger partial charge in [-0.2, -0.15) is 8.42 Å². The fraction of sp³-hybridized carbons (Fsp3) is 0.200. The SMILES string of the molecule is CCCO/S(=N/S(=O)(=O)c1ccccc1)c1ccccc1N([O-])O. The summed E-state index contributed by atoms with van der Waals surface area (Å²) in [5, 5.41) is 20.2. The summed E-state index contributed by atoms with van der Waals surface area (Å²) >= 11 is 0. The van der Waals surface area contributed by atoms with E-state index in [9.17, 15) is 18.8 Å². The molecule has 2 aromatic rings. The molecule has 0 radical (unpaired) electrons. The number of sulfonamides is 1. The van der Waals surface area contributed by atoms with Gasteiger partial charge in [0.2, 0.25) is 0 Å². The molecular formula is C15H17N2O5S2-. The molecule has 0 aliphatic heterocycles. The molecule has 0 aliphatic carbocycles. The molecule has 9 heteroatoms. The normalized spacial score (nSPS) is 13.0. The summed E-state index contributed by atoms with van der Waals surface area (Å²) in [5.74, 6) is 0. The largest absolute Gasteiger partial charge is 0.733 e. The summed E-state index contributed by atoms with van der Waals surface area (Å²) in [4.78, 5) is 0.228. The summed E-state index contributed by atoms with van der Waals surface area (Å²) in [5.41, 5.74) is -0.107. The number of hydrogen-bond acceptors (Lipinski definition) is 6. The molecule has 1 N–H and O–H groups in total. The summed E-state index contributed by atoms with van der Waals surface area (Å²) in [6, 6.07) is 13.8. The molecule has 0 fully saturated rings. The highest BCUT2D eigenvalue weighted by atomic mass is 32.3. The lowest BCUT2D eigenvalue weighted by Gasteiger charge is -2.24. The molecule has 1 atom stereocenters. The van der Waals surface area contributed by atoms with Crippen LogP contribution in [0.3, 0.4) is 0 Å². The summed E-state index contributed by atoms with van der Waals surface area (Å²) in [6.07, 6.45) is 0.646. The quantitative estimate of drug-likeness (QED) is 0.752. The second kappa shape index (κ2) is 8.36. The summed E-state index contributed by atoms with van der Waals surface area (Å²) < 4.78 is 34.3. The van der Waals surface area contributed by atoms with Gasteiger partial charge in [0.1, 0.15) is 0 Å². The van der Waals surface area contributed by atoms with E-state index < -0.39 is 21.0 Å². The van der Waals surface area contributed by atoms with Crippen LogP contribution in [0.5, 0.6) is 0 Å². The third-order valence-corrected chi connectivity index (χ3v) is 6.17. The highest BCUT2D eigenvalue weighted by molar-refractivity contribution is 7.98. The minimum absolute atomic E-state index is 0.0306. The molecule has 0 saturated heterocycles. The third-order valence-electron chi connectivity index (χ3n) is 2.87. The van der Waals surface area contributed by atoms with Crippen molar-refractivity contribution in [2.24, 2.45) is 3.77 Å². The molecule has 1 unspecified atom stereocenters. The molecule has 0 amide bonds. The van der Waals surface area contributed by atoms with Crippen molar-refractivity contribution in [1.82, 2.24) is 0 Å². The van der Waals surface area contributed by atoms with Crippen molar-refractivity contribution in [2.75, 3.05) is 11.8 Å². The van der Waals surface area contributed by atoms with Crippen LogP contribution < -0.4 is 5.23 Å². The van der Waals surface area contributed by atoms with Gasteiger partial charge in [0.15, 0.2) is 0 Å². The summed E-state index contributed by atoms with van der Waals surface area (Å²) in [6.45, 7) is 2.13. The smallest absolute Gasteiger partial charge is 0.290 e. The molecule has 0 aliphatic rings. The maximum Gasteiger partial charge on any atom is 0.290 e. The van der Waals surface area contributed by atoms with Gasteiger partial charge in [-0.25, -0.2) is 0 Å². The van der Waals surface area contributed by atoms with Crippen LogP contribution in [0.1, 0.15) is 13.3 Å². The zero-order valence-electron chi connectivity index (χ0n) is 12.9. The van der Waals surface area contributed by atoms with Crippen molar-refractivity contribution in [3.63, 3.8) is 0 Å². The Labute approximate surface area is 143 Å². The predicted molar refractivity (Wildman–Crippen MR) is 92.0 cm³/mol. The Morgan fingerprint density at radius 2 is 1.79 bits per heavy atom. The van der Waals surface area contributed by atoms with Crippen molar-refractivity contribution in [3.8, 4) is 0 Å². The average molecular weight is 369 g/mol. The number of anilines is 1. The lowest BCUT2D eigenvalue weighted by atomic mass is 10.3. The van der Waals surface area contributed by atoms with Crippen molar-refractivity contribution >= 4 is 26.7 Å². The van der Waals surface area contributed by atoms with Gasteiger partial charge in [-0.3, -0.25) is 5.21 Å². The fourth-order valence-electron chi connectivity index (χ4n) is 1.77. The van der Waals surface area contributed by atoms with E-state index in [2.05, 4.69) is 3.77 Å². The average Bonchev–Trinajstić information content (AvgIpc) is 2.59. The fourth-order valence-corrected chi connectivity index (χ4v) is 4.80. The Bertz CT molecular complexity index is 808. The van der Waals surface area contributed by atoms with Crippen molar-refractivity contribution in [2.45, 2.75) is 23.1 Å². The number of nitrogens with zero attached hydrogens (tertiary/aromatic N) is 2. The van der Waals surface area contributed by atoms with Gasteiger partial charge in [-0.05, 0) is 30.7 Å². The van der Waals surface area contributed by atoms with Gasteiger partial charge in [0.25, 0.3) is 10.0 Å². The number of hydrogen-bond donors (Lipinski definition) is 1. The Kier molecular flexibility index (Phi) is 6.46. The van der Waals surface area contributed by atoms with E-state index in [1.54, 1.807) is 30.3 Å². The highest BCUT2D eigenvalue weighted by Gasteiger charge is 2.17. The maximum absolute atomic E-state index is 12.5. The minimum atomic E-state index is -3.97. The maximum atomic E-state index is 12.5. The third kappa shape index (κ3) is 4.62. The monoisotopic (exact) mass is 369 g/mol. The standard InChI is InChI=1S/C15H17N2O5S2/c1-2-12-22-23(15-11-7-6-10-14(15)17(18)19)16-24(20,21)13-8-4-3-5-9-13/h3-11,18H,2,12H2,1H3/q-1. The molecule has 0 heterocycles. The molecule has 24 heavy (non-hydrogen) atoms. The van der Waals surface area contributed by atoms with E-state index in [0.717, 1.165) is 0 Å². The molecule has 2 aromatic carbocycles. The number of para-hydroxylation sites is 1. The van der Waals surface area contributed by atoms with Crippen LogP contribution in [0.2, 0.25) is 0 Å². The topological polar surface area (TPSA) is 102 Å². The first kappa shape index (κ1) is 18.6. The van der Waals surface area contributed by atoms with Crippen molar-refractivity contribution < 1.29 is 17.8 Å². The highest BCUT2D eigenvalue weighted by Crippen LogP contribution is 2.26. The van der Waals surface area contributed by atoms with E-state index in [1.807, 2.05) is 6.92 Å². The van der Waals surface area contributed by atoms with Crippen LogP contribution in [0.15, 0.2) is 68.2 Å². The first-order valence-electron chi connectivity index (χ1n) is 7.11. The van der Waals surface area contributed by atoms with E-state index in [1.165, 1.54) is 24.3 Å². The molecular weight excluding hydrogens is 352 g/mol. The molecule has 0 saturated carbocycles. The second-order valence-corrected chi connectivity index (χ2v) is 7.87. The van der Waals surface area contributed by atoms with Gasteiger partial charge < -0.3 is 14.6 Å². The van der Waals surface area contributed by atoms with Crippen LogP contribution in [-0.2, 0) is 25.2 Å². The predicted octanol–water partition coefficient (Wildman–Crippen LogP) is 3.27. The van der Waals surface area contributed by atoms with E-state index in [-0.39, 0.29) is 27.3 Å². The van der Waals surface area contributed by atoms with Gasteiger partial charge >= 0.3 is 0 Å². The first-order chi connectivity index (χ1) is 11.5. The van der Waals surface area contributed by atoms with Crippen LogP contribution in [-0.4, -0.2) is 20.2 Å². The summed E-state index contributed by atoms with van der Waals surface area (Å²) in [7, 11) is -5.52. The first-order valence-corrected chi connectivity index (χ1v) is 9.66. The van der Waals surface area contributed by atoms with Gasteiger partial charge in [0, 0.05) is 0 Å². The second-order valence-electron chi connectivity index (χ2n) is 4.67. The van der Waals surface area contributed by atoms with Crippen molar-refractivity contribution in [1.29, 1.82) is 0 Å². The zero-order valence-corrected chi connectivity index (χ0v) is 14.5. The van der Waals surface area contributed by atoms with Crippen LogP contribution in [0.4, 0.5) is 5.69 Å². The van der Waals surface area contributed by atoms with E-state index in [0.29, 0.717) is 6.42 Å². The minimum Gasteiger partial charge on any atom is -0.733 e. The lowest BCUT2D eigenvalue weighted by Crippen LogP contribution is -2.12. The zero-order chi connectivity index (χ0) is 17.6. The number of benzene rings is 2.